The van der Waals surface area contributed by atoms with E-state index in [9.17, 15) is 4.79 Å². The van der Waals surface area contributed by atoms with E-state index in [0.29, 0.717) is 13.0 Å². The van der Waals surface area contributed by atoms with Crippen molar-refractivity contribution in [1.82, 2.24) is 14.9 Å². The van der Waals surface area contributed by atoms with Crippen LogP contribution in [0.2, 0.25) is 0 Å². The zero-order valence-electron chi connectivity index (χ0n) is 23.0. The van der Waals surface area contributed by atoms with E-state index in [2.05, 4.69) is 40.2 Å². The molecule has 1 N–H and O–H groups in total. The van der Waals surface area contributed by atoms with Gasteiger partial charge in [-0.1, -0.05) is 72.8 Å². The predicted molar refractivity (Wildman–Crippen MR) is 160 cm³/mol. The van der Waals surface area contributed by atoms with E-state index >= 15 is 0 Å². The molecule has 0 aliphatic carbocycles. The van der Waals surface area contributed by atoms with Crippen LogP contribution in [0.3, 0.4) is 0 Å². The number of amides is 1. The van der Waals surface area contributed by atoms with Gasteiger partial charge in [-0.05, 0) is 60.7 Å². The lowest BCUT2D eigenvalue weighted by Gasteiger charge is -2.17. The molecule has 0 saturated carbocycles. The van der Waals surface area contributed by atoms with Gasteiger partial charge in [0.1, 0.15) is 17.3 Å². The van der Waals surface area contributed by atoms with Crippen LogP contribution in [0.5, 0.6) is 11.5 Å². The topological polar surface area (TPSA) is 65.4 Å². The van der Waals surface area contributed by atoms with Crippen molar-refractivity contribution in [2.24, 2.45) is 0 Å². The van der Waals surface area contributed by atoms with E-state index in [4.69, 9.17) is 14.5 Å². The molecule has 40 heavy (non-hydrogen) atoms. The number of aromatic nitrogens is 2. The van der Waals surface area contributed by atoms with Crippen molar-refractivity contribution in [3.8, 4) is 22.6 Å². The standard InChI is InChI=1S/C34H35N3O3/c1-25(35-33(38)23-26-17-19-28(20-18-26)27-11-4-3-5-12-27)34-36-31-15-6-7-16-32(31)37(34)21-8-9-22-40-30-14-10-13-29(24-30)39-2/h3-7,10-20,24-25H,8-9,21-23H2,1-2H3,(H,35,38). The second-order valence-electron chi connectivity index (χ2n) is 9.87. The van der Waals surface area contributed by atoms with E-state index in [1.807, 2.05) is 79.7 Å². The summed E-state index contributed by atoms with van der Waals surface area (Å²) in [6, 6.07) is 34.0. The maximum absolute atomic E-state index is 13.0. The Morgan fingerprint density at radius 2 is 1.57 bits per heavy atom. The third kappa shape index (κ3) is 6.70. The van der Waals surface area contributed by atoms with E-state index in [-0.39, 0.29) is 11.9 Å². The third-order valence-electron chi connectivity index (χ3n) is 6.96. The number of hydrogen-bond donors (Lipinski definition) is 1. The van der Waals surface area contributed by atoms with Crippen LogP contribution in [-0.4, -0.2) is 29.2 Å². The molecule has 1 atom stereocenters. The fourth-order valence-corrected chi connectivity index (χ4v) is 4.90. The highest BCUT2D eigenvalue weighted by atomic mass is 16.5. The van der Waals surface area contributed by atoms with Gasteiger partial charge in [0.25, 0.3) is 0 Å². The Hall–Kier alpha value is -4.58. The number of para-hydroxylation sites is 2. The van der Waals surface area contributed by atoms with E-state index in [1.54, 1.807) is 7.11 Å². The fourth-order valence-electron chi connectivity index (χ4n) is 4.90. The molecule has 5 rings (SSSR count). The molecule has 0 aliphatic rings. The summed E-state index contributed by atoms with van der Waals surface area (Å²) in [6.07, 6.45) is 2.13. The van der Waals surface area contributed by atoms with E-state index < -0.39 is 0 Å². The van der Waals surface area contributed by atoms with Crippen LogP contribution in [0, 0.1) is 0 Å². The molecule has 204 valence electrons. The number of unbranched alkanes of at least 4 members (excludes halogenated alkanes) is 1. The predicted octanol–water partition coefficient (Wildman–Crippen LogP) is 6.99. The number of nitrogens with zero attached hydrogens (tertiary/aromatic N) is 2. The number of carbonyl (C=O) groups excluding carboxylic acids is 1. The fraction of sp³-hybridized carbons (Fsp3) is 0.235. The third-order valence-corrected chi connectivity index (χ3v) is 6.96. The number of ether oxygens (including phenoxy) is 2. The molecule has 0 bridgehead atoms. The summed E-state index contributed by atoms with van der Waals surface area (Å²) in [5, 5.41) is 3.17. The summed E-state index contributed by atoms with van der Waals surface area (Å²) >= 11 is 0. The average Bonchev–Trinajstić information content (AvgIpc) is 3.36. The molecule has 0 aliphatic heterocycles. The molecule has 1 aromatic heterocycles. The SMILES string of the molecule is COc1cccc(OCCCCn2c(C(C)NC(=O)Cc3ccc(-c4ccccc4)cc3)nc3ccccc32)c1. The second kappa shape index (κ2) is 13.0. The number of carbonyl (C=O) groups is 1. The van der Waals surface area contributed by atoms with Crippen LogP contribution in [0.4, 0.5) is 0 Å². The maximum atomic E-state index is 13.0. The van der Waals surface area contributed by atoms with Crippen molar-refractivity contribution < 1.29 is 14.3 Å². The first kappa shape index (κ1) is 27.0. The highest BCUT2D eigenvalue weighted by molar-refractivity contribution is 5.80. The molecular weight excluding hydrogens is 498 g/mol. The number of methoxy groups -OCH3 is 1. The van der Waals surface area contributed by atoms with Gasteiger partial charge in [0.05, 0.1) is 37.2 Å². The number of benzene rings is 4. The molecule has 4 aromatic carbocycles. The summed E-state index contributed by atoms with van der Waals surface area (Å²) in [4.78, 5) is 17.9. The Kier molecular flexibility index (Phi) is 8.76. The van der Waals surface area contributed by atoms with Crippen LogP contribution in [-0.2, 0) is 17.8 Å². The van der Waals surface area contributed by atoms with Gasteiger partial charge in [-0.2, -0.15) is 0 Å². The molecule has 0 spiro atoms. The number of imidazole rings is 1. The number of hydrogen-bond acceptors (Lipinski definition) is 4. The largest absolute Gasteiger partial charge is 0.497 e. The van der Waals surface area contributed by atoms with Crippen molar-refractivity contribution in [2.75, 3.05) is 13.7 Å². The summed E-state index contributed by atoms with van der Waals surface area (Å²) < 4.78 is 13.4. The van der Waals surface area contributed by atoms with Crippen molar-refractivity contribution in [3.63, 3.8) is 0 Å². The molecule has 1 heterocycles. The van der Waals surface area contributed by atoms with Crippen LogP contribution >= 0.6 is 0 Å². The van der Waals surface area contributed by atoms with Gasteiger partial charge in [0, 0.05) is 12.6 Å². The minimum atomic E-state index is -0.225. The van der Waals surface area contributed by atoms with Gasteiger partial charge in [0.2, 0.25) is 5.91 Å². The summed E-state index contributed by atoms with van der Waals surface area (Å²) in [6.45, 7) is 3.41. The maximum Gasteiger partial charge on any atom is 0.224 e. The number of aryl methyl sites for hydroxylation is 1. The molecule has 0 saturated heterocycles. The van der Waals surface area contributed by atoms with Crippen LogP contribution < -0.4 is 14.8 Å². The first-order valence-corrected chi connectivity index (χ1v) is 13.8. The molecule has 1 unspecified atom stereocenters. The van der Waals surface area contributed by atoms with Crippen LogP contribution in [0.15, 0.2) is 103 Å². The van der Waals surface area contributed by atoms with E-state index in [0.717, 1.165) is 64.4 Å². The Morgan fingerprint density at radius 3 is 2.38 bits per heavy atom. The minimum absolute atomic E-state index is 0.0229. The lowest BCUT2D eigenvalue weighted by molar-refractivity contribution is -0.121. The van der Waals surface area contributed by atoms with Crippen molar-refractivity contribution in [1.29, 1.82) is 0 Å². The van der Waals surface area contributed by atoms with Gasteiger partial charge in [-0.15, -0.1) is 0 Å². The van der Waals surface area contributed by atoms with Gasteiger partial charge in [-0.25, -0.2) is 4.98 Å². The lowest BCUT2D eigenvalue weighted by Crippen LogP contribution is -2.30. The van der Waals surface area contributed by atoms with E-state index in [1.165, 1.54) is 0 Å². The molecule has 6 heteroatoms. The molecule has 0 fully saturated rings. The lowest BCUT2D eigenvalue weighted by atomic mass is 10.0. The number of fused-ring (bicyclic) bond motifs is 1. The quantitative estimate of drug-likeness (QED) is 0.176. The highest BCUT2D eigenvalue weighted by Gasteiger charge is 2.18. The zero-order valence-corrected chi connectivity index (χ0v) is 23.0. The van der Waals surface area contributed by atoms with Gasteiger partial charge in [-0.3, -0.25) is 4.79 Å². The van der Waals surface area contributed by atoms with Crippen molar-refractivity contribution in [2.45, 2.75) is 38.8 Å². The van der Waals surface area contributed by atoms with Crippen LogP contribution in [0.25, 0.3) is 22.2 Å². The normalized spacial score (nSPS) is 11.8. The summed E-state index contributed by atoms with van der Waals surface area (Å²) in [7, 11) is 1.65. The summed E-state index contributed by atoms with van der Waals surface area (Å²) in [5.41, 5.74) is 5.29. The van der Waals surface area contributed by atoms with Crippen molar-refractivity contribution in [3.05, 3.63) is 115 Å². The highest BCUT2D eigenvalue weighted by Crippen LogP contribution is 2.23. The Labute approximate surface area is 235 Å². The van der Waals surface area contributed by atoms with Gasteiger partial charge < -0.3 is 19.4 Å². The van der Waals surface area contributed by atoms with Crippen molar-refractivity contribution >= 4 is 16.9 Å². The second-order valence-corrected chi connectivity index (χ2v) is 9.87. The molecule has 5 aromatic rings. The Bertz CT molecular complexity index is 1540. The molecule has 0 radical (unpaired) electrons. The number of nitrogens with one attached hydrogen (secondary N) is 1. The zero-order chi connectivity index (χ0) is 27.7. The number of rotatable bonds is 12. The van der Waals surface area contributed by atoms with Gasteiger partial charge >= 0.3 is 0 Å². The average molecular weight is 534 g/mol. The molecule has 6 nitrogen and oxygen atoms in total. The smallest absolute Gasteiger partial charge is 0.224 e. The minimum Gasteiger partial charge on any atom is -0.497 e. The first-order chi connectivity index (χ1) is 19.6. The van der Waals surface area contributed by atoms with Crippen LogP contribution in [0.1, 0.15) is 37.2 Å². The molecule has 1 amide bonds. The first-order valence-electron chi connectivity index (χ1n) is 13.8. The summed E-state index contributed by atoms with van der Waals surface area (Å²) in [5.74, 6) is 2.43. The Morgan fingerprint density at radius 1 is 0.850 bits per heavy atom. The van der Waals surface area contributed by atoms with Gasteiger partial charge in [0.15, 0.2) is 0 Å². The Balaban J connectivity index is 1.19. The molecular formula is C34H35N3O3. The monoisotopic (exact) mass is 533 g/mol.